The Morgan fingerprint density at radius 3 is 2.32 bits per heavy atom. The zero-order chi connectivity index (χ0) is 18.4. The third-order valence-electron chi connectivity index (χ3n) is 4.81. The lowest BCUT2D eigenvalue weighted by Gasteiger charge is -2.14. The van der Waals surface area contributed by atoms with Crippen molar-refractivity contribution in [2.75, 3.05) is 5.32 Å². The summed E-state index contributed by atoms with van der Waals surface area (Å²) in [6, 6.07) is 10.9. The van der Waals surface area contributed by atoms with E-state index in [9.17, 15) is 9.59 Å². The Labute approximate surface area is 177 Å². The molecule has 1 fully saturated rings. The minimum Gasteiger partial charge on any atom is -0.352 e. The normalized spacial score (nSPS) is 17.8. The Kier molecular flexibility index (Phi) is 9.93. The molecule has 3 rings (SSSR count). The molecule has 2 amide bonds. The van der Waals surface area contributed by atoms with Crippen molar-refractivity contribution in [1.82, 2.24) is 10.3 Å². The van der Waals surface area contributed by atoms with E-state index in [0.29, 0.717) is 30.1 Å². The summed E-state index contributed by atoms with van der Waals surface area (Å²) < 4.78 is 0. The second kappa shape index (κ2) is 11.6. The van der Waals surface area contributed by atoms with Gasteiger partial charge in [0, 0.05) is 42.7 Å². The maximum atomic E-state index is 12.1. The molecule has 0 unspecified atom stereocenters. The second-order valence-corrected chi connectivity index (χ2v) is 6.72. The van der Waals surface area contributed by atoms with E-state index in [2.05, 4.69) is 15.6 Å². The summed E-state index contributed by atoms with van der Waals surface area (Å²) in [7, 11) is 0. The highest BCUT2D eigenvalue weighted by atomic mass is 35.5. The van der Waals surface area contributed by atoms with Gasteiger partial charge in [0.25, 0.3) is 5.91 Å². The summed E-state index contributed by atoms with van der Waals surface area (Å²) in [6.07, 6.45) is 6.84. The fourth-order valence-corrected chi connectivity index (χ4v) is 3.24. The fourth-order valence-electron chi connectivity index (χ4n) is 3.24. The number of nitrogens with zero attached hydrogens (tertiary/aromatic N) is 1. The first-order valence-electron chi connectivity index (χ1n) is 8.94. The van der Waals surface area contributed by atoms with Crippen LogP contribution in [0.1, 0.15) is 41.6 Å². The van der Waals surface area contributed by atoms with Crippen LogP contribution in [0.3, 0.4) is 0 Å². The van der Waals surface area contributed by atoms with Crippen LogP contribution < -0.4 is 16.4 Å². The summed E-state index contributed by atoms with van der Waals surface area (Å²) in [4.78, 5) is 28.1. The van der Waals surface area contributed by atoms with E-state index in [4.69, 9.17) is 5.73 Å². The third kappa shape index (κ3) is 6.78. The molecule has 0 spiro atoms. The standard InChI is InChI=1S/C20H24N4O2.2ClH/c21-18-3-1-2-16(18)12-19(25)23-13-14-4-6-17(7-5-14)24-20(26)15-8-10-22-11-9-15;;/h4-11,16,18H,1-3,12-13,21H2,(H,23,25)(H,24,26);2*1H/t16-,18+;;/m0../s1. The number of amides is 2. The van der Waals surface area contributed by atoms with Gasteiger partial charge in [-0.2, -0.15) is 0 Å². The molecule has 1 aromatic heterocycles. The van der Waals surface area contributed by atoms with E-state index in [1.165, 1.54) is 0 Å². The van der Waals surface area contributed by atoms with Crippen molar-refractivity contribution in [2.45, 2.75) is 38.3 Å². The van der Waals surface area contributed by atoms with Crippen LogP contribution in [0.25, 0.3) is 0 Å². The van der Waals surface area contributed by atoms with Crippen LogP contribution in [-0.4, -0.2) is 22.8 Å². The number of benzene rings is 1. The summed E-state index contributed by atoms with van der Waals surface area (Å²) in [5.74, 6) is 0.171. The van der Waals surface area contributed by atoms with Gasteiger partial charge in [-0.05, 0) is 48.6 Å². The molecule has 1 aromatic carbocycles. The van der Waals surface area contributed by atoms with Crippen LogP contribution in [0.2, 0.25) is 0 Å². The molecule has 28 heavy (non-hydrogen) atoms. The number of nitrogens with one attached hydrogen (secondary N) is 2. The average molecular weight is 425 g/mol. The van der Waals surface area contributed by atoms with Crippen molar-refractivity contribution < 1.29 is 9.59 Å². The zero-order valence-electron chi connectivity index (χ0n) is 15.5. The number of carbonyl (C=O) groups excluding carboxylic acids is 2. The molecule has 1 saturated carbocycles. The Morgan fingerprint density at radius 1 is 1.04 bits per heavy atom. The van der Waals surface area contributed by atoms with Crippen LogP contribution in [0.15, 0.2) is 48.8 Å². The number of hydrogen-bond acceptors (Lipinski definition) is 4. The predicted octanol–water partition coefficient (Wildman–Crippen LogP) is 3.31. The van der Waals surface area contributed by atoms with Crippen LogP contribution in [-0.2, 0) is 11.3 Å². The second-order valence-electron chi connectivity index (χ2n) is 6.72. The van der Waals surface area contributed by atoms with Gasteiger partial charge in [0.1, 0.15) is 0 Å². The molecule has 8 heteroatoms. The Hall–Kier alpha value is -2.15. The van der Waals surface area contributed by atoms with Gasteiger partial charge in [-0.3, -0.25) is 14.6 Å². The van der Waals surface area contributed by atoms with E-state index in [1.54, 1.807) is 24.5 Å². The molecule has 0 saturated heterocycles. The van der Waals surface area contributed by atoms with Crippen molar-refractivity contribution in [3.05, 3.63) is 59.9 Å². The van der Waals surface area contributed by atoms with E-state index >= 15 is 0 Å². The van der Waals surface area contributed by atoms with Gasteiger partial charge in [0.05, 0.1) is 0 Å². The lowest BCUT2D eigenvalue weighted by Crippen LogP contribution is -2.31. The quantitative estimate of drug-likeness (QED) is 0.662. The van der Waals surface area contributed by atoms with Crippen LogP contribution in [0, 0.1) is 5.92 Å². The highest BCUT2D eigenvalue weighted by molar-refractivity contribution is 6.04. The predicted molar refractivity (Wildman–Crippen MR) is 115 cm³/mol. The molecule has 2 atom stereocenters. The lowest BCUT2D eigenvalue weighted by molar-refractivity contribution is -0.122. The van der Waals surface area contributed by atoms with Crippen molar-refractivity contribution in [3.63, 3.8) is 0 Å². The highest BCUT2D eigenvalue weighted by Crippen LogP contribution is 2.26. The Balaban J connectivity index is 0.00000196. The highest BCUT2D eigenvalue weighted by Gasteiger charge is 2.25. The molecule has 1 aliphatic rings. The molecule has 4 N–H and O–H groups in total. The van der Waals surface area contributed by atoms with Crippen molar-refractivity contribution in [2.24, 2.45) is 11.7 Å². The monoisotopic (exact) mass is 424 g/mol. The first-order valence-corrected chi connectivity index (χ1v) is 8.94. The van der Waals surface area contributed by atoms with Crippen LogP contribution in [0.4, 0.5) is 5.69 Å². The SMILES string of the molecule is Cl.Cl.N[C@@H]1CCC[C@H]1CC(=O)NCc1ccc(NC(=O)c2ccncc2)cc1. The average Bonchev–Trinajstić information content (AvgIpc) is 3.06. The summed E-state index contributed by atoms with van der Waals surface area (Å²) in [5.41, 5.74) is 8.26. The van der Waals surface area contributed by atoms with Gasteiger partial charge < -0.3 is 16.4 Å². The number of hydrogen-bond donors (Lipinski definition) is 3. The number of nitrogens with two attached hydrogens (primary N) is 1. The molecule has 1 aliphatic carbocycles. The van der Waals surface area contributed by atoms with E-state index < -0.39 is 0 Å². The van der Waals surface area contributed by atoms with E-state index in [1.807, 2.05) is 24.3 Å². The number of carbonyl (C=O) groups is 2. The van der Waals surface area contributed by atoms with Crippen molar-refractivity contribution in [3.8, 4) is 0 Å². The van der Waals surface area contributed by atoms with E-state index in [0.717, 1.165) is 24.8 Å². The Morgan fingerprint density at radius 2 is 1.71 bits per heavy atom. The van der Waals surface area contributed by atoms with Gasteiger partial charge in [0.2, 0.25) is 5.91 Å². The van der Waals surface area contributed by atoms with Crippen molar-refractivity contribution >= 4 is 42.3 Å². The summed E-state index contributed by atoms with van der Waals surface area (Å²) >= 11 is 0. The number of halogens is 2. The van der Waals surface area contributed by atoms with Gasteiger partial charge in [-0.25, -0.2) is 0 Å². The molecular formula is C20H26Cl2N4O2. The first kappa shape index (κ1) is 23.9. The van der Waals surface area contributed by atoms with Crippen LogP contribution >= 0.6 is 24.8 Å². The zero-order valence-corrected chi connectivity index (χ0v) is 17.1. The molecular weight excluding hydrogens is 399 g/mol. The van der Waals surface area contributed by atoms with Crippen LogP contribution in [0.5, 0.6) is 0 Å². The van der Waals surface area contributed by atoms with Gasteiger partial charge in [-0.1, -0.05) is 18.6 Å². The van der Waals surface area contributed by atoms with Gasteiger partial charge >= 0.3 is 0 Å². The third-order valence-corrected chi connectivity index (χ3v) is 4.81. The molecule has 6 nitrogen and oxygen atoms in total. The van der Waals surface area contributed by atoms with Crippen molar-refractivity contribution in [1.29, 1.82) is 0 Å². The molecule has 2 aromatic rings. The minimum atomic E-state index is -0.179. The minimum absolute atomic E-state index is 0. The number of pyridine rings is 1. The largest absolute Gasteiger partial charge is 0.352 e. The molecule has 152 valence electrons. The molecule has 0 bridgehead atoms. The molecule has 0 radical (unpaired) electrons. The number of rotatable bonds is 6. The smallest absolute Gasteiger partial charge is 0.255 e. The maximum absolute atomic E-state index is 12.1. The molecule has 1 heterocycles. The number of anilines is 1. The van der Waals surface area contributed by atoms with Gasteiger partial charge in [-0.15, -0.1) is 24.8 Å². The van der Waals surface area contributed by atoms with E-state index in [-0.39, 0.29) is 42.7 Å². The topological polar surface area (TPSA) is 97.1 Å². The molecule has 0 aliphatic heterocycles. The lowest BCUT2D eigenvalue weighted by atomic mass is 10.00. The first-order chi connectivity index (χ1) is 12.6. The maximum Gasteiger partial charge on any atom is 0.255 e. The fraction of sp³-hybridized carbons (Fsp3) is 0.350. The summed E-state index contributed by atoms with van der Waals surface area (Å²) in [5, 5.41) is 5.78. The Bertz CT molecular complexity index is 757. The summed E-state index contributed by atoms with van der Waals surface area (Å²) in [6.45, 7) is 0.472. The number of aromatic nitrogens is 1. The van der Waals surface area contributed by atoms with Gasteiger partial charge in [0.15, 0.2) is 0 Å².